The van der Waals surface area contributed by atoms with Crippen LogP contribution in [0.3, 0.4) is 0 Å². The van der Waals surface area contributed by atoms with E-state index in [1.54, 1.807) is 12.1 Å². The Balaban J connectivity index is 1.58. The highest BCUT2D eigenvalue weighted by Gasteiger charge is 2.25. The number of hydrogen-bond acceptors (Lipinski definition) is 4. The fourth-order valence-corrected chi connectivity index (χ4v) is 3.51. The summed E-state index contributed by atoms with van der Waals surface area (Å²) in [7, 11) is 2.10. The van der Waals surface area contributed by atoms with Gasteiger partial charge in [-0.2, -0.15) is 0 Å². The molecule has 1 heterocycles. The third kappa shape index (κ3) is 6.11. The van der Waals surface area contributed by atoms with Gasteiger partial charge in [-0.3, -0.25) is 14.5 Å². The molecule has 1 aliphatic rings. The molecule has 2 aromatic rings. The van der Waals surface area contributed by atoms with Gasteiger partial charge in [-0.25, -0.2) is 4.39 Å². The molecule has 2 N–H and O–H groups in total. The molecule has 0 radical (unpaired) electrons. The lowest BCUT2D eigenvalue weighted by atomic mass is 10.0. The van der Waals surface area contributed by atoms with Crippen LogP contribution in [-0.4, -0.2) is 61.4 Å². The van der Waals surface area contributed by atoms with Gasteiger partial charge in [-0.15, -0.1) is 0 Å². The van der Waals surface area contributed by atoms with Crippen molar-refractivity contribution in [1.29, 1.82) is 0 Å². The zero-order valence-electron chi connectivity index (χ0n) is 17.5. The van der Waals surface area contributed by atoms with Gasteiger partial charge in [0.15, 0.2) is 0 Å². The summed E-state index contributed by atoms with van der Waals surface area (Å²) in [6.45, 7) is 6.32. The maximum Gasteiger partial charge on any atom is 0.309 e. The Morgan fingerprint density at radius 2 is 1.53 bits per heavy atom. The summed E-state index contributed by atoms with van der Waals surface area (Å²) in [6.07, 6.45) is 0. The second-order valence-electron chi connectivity index (χ2n) is 7.78. The molecule has 2 amide bonds. The summed E-state index contributed by atoms with van der Waals surface area (Å²) in [6, 6.07) is 14.1. The summed E-state index contributed by atoms with van der Waals surface area (Å²) in [5.74, 6) is -1.70. The summed E-state index contributed by atoms with van der Waals surface area (Å²) >= 11 is 0. The maximum absolute atomic E-state index is 13.0. The number of amides is 2. The smallest absolute Gasteiger partial charge is 0.309 e. The number of rotatable bonds is 6. The highest BCUT2D eigenvalue weighted by molar-refractivity contribution is 6.35. The van der Waals surface area contributed by atoms with Crippen molar-refractivity contribution in [2.45, 2.75) is 19.5 Å². The van der Waals surface area contributed by atoms with Gasteiger partial charge >= 0.3 is 11.8 Å². The summed E-state index contributed by atoms with van der Waals surface area (Å²) < 4.78 is 13.0. The van der Waals surface area contributed by atoms with Crippen LogP contribution in [0.1, 0.15) is 22.7 Å². The van der Waals surface area contributed by atoms with Crippen LogP contribution in [0.25, 0.3) is 0 Å². The number of aryl methyl sites for hydroxylation is 1. The Bertz CT molecular complexity index is 847. The molecule has 1 aliphatic heterocycles. The minimum absolute atomic E-state index is 0.00754. The molecule has 1 atom stereocenters. The van der Waals surface area contributed by atoms with Crippen LogP contribution in [0.5, 0.6) is 0 Å². The molecule has 7 heteroatoms. The van der Waals surface area contributed by atoms with Gasteiger partial charge < -0.3 is 15.5 Å². The Morgan fingerprint density at radius 1 is 0.933 bits per heavy atom. The maximum atomic E-state index is 13.0. The Labute approximate surface area is 177 Å². The molecule has 0 aromatic heterocycles. The third-order valence-electron chi connectivity index (χ3n) is 5.47. The van der Waals surface area contributed by atoms with E-state index in [1.165, 1.54) is 17.7 Å². The molecule has 0 bridgehead atoms. The number of hydrogen-bond donors (Lipinski definition) is 2. The molecule has 0 spiro atoms. The lowest BCUT2D eigenvalue weighted by Gasteiger charge is -2.38. The van der Waals surface area contributed by atoms with Crippen molar-refractivity contribution in [3.8, 4) is 0 Å². The minimum atomic E-state index is -0.694. The Morgan fingerprint density at radius 3 is 2.17 bits per heavy atom. The van der Waals surface area contributed by atoms with Crippen molar-refractivity contribution < 1.29 is 14.0 Å². The topological polar surface area (TPSA) is 64.7 Å². The van der Waals surface area contributed by atoms with Crippen molar-refractivity contribution in [1.82, 2.24) is 20.4 Å². The van der Waals surface area contributed by atoms with Gasteiger partial charge in [0.2, 0.25) is 0 Å². The van der Waals surface area contributed by atoms with E-state index in [0.717, 1.165) is 37.3 Å². The van der Waals surface area contributed by atoms with E-state index in [4.69, 9.17) is 0 Å². The SMILES string of the molecule is Cc1ccc([C@H](CNC(=O)C(=O)NCc2ccc(F)cc2)N2CCN(C)CC2)cc1. The zero-order valence-corrected chi connectivity index (χ0v) is 17.5. The standard InChI is InChI=1S/C23H29FN4O2/c1-17-3-7-19(8-4-17)21(28-13-11-27(2)12-14-28)16-26-23(30)22(29)25-15-18-5-9-20(24)10-6-18/h3-10,21H,11-16H2,1-2H3,(H,25,29)(H,26,30)/t21-/m0/s1. The molecule has 3 rings (SSSR count). The van der Waals surface area contributed by atoms with E-state index in [9.17, 15) is 14.0 Å². The highest BCUT2D eigenvalue weighted by Crippen LogP contribution is 2.22. The van der Waals surface area contributed by atoms with Crippen LogP contribution in [0.2, 0.25) is 0 Å². The lowest BCUT2D eigenvalue weighted by Crippen LogP contribution is -2.49. The fourth-order valence-electron chi connectivity index (χ4n) is 3.51. The molecular weight excluding hydrogens is 383 g/mol. The number of carbonyl (C=O) groups excluding carboxylic acids is 2. The number of piperazine rings is 1. The fraction of sp³-hybridized carbons (Fsp3) is 0.391. The first kappa shape index (κ1) is 21.9. The van der Waals surface area contributed by atoms with E-state index in [1.807, 2.05) is 6.92 Å². The third-order valence-corrected chi connectivity index (χ3v) is 5.47. The molecule has 0 aliphatic carbocycles. The Kier molecular flexibility index (Phi) is 7.54. The number of likely N-dealkylation sites (N-methyl/N-ethyl adjacent to an activating group) is 1. The molecule has 6 nitrogen and oxygen atoms in total. The molecular formula is C23H29FN4O2. The predicted octanol–water partition coefficient (Wildman–Crippen LogP) is 1.86. The van der Waals surface area contributed by atoms with E-state index in [2.05, 4.69) is 51.7 Å². The normalized spacial score (nSPS) is 16.1. The van der Waals surface area contributed by atoms with Crippen LogP contribution in [0.4, 0.5) is 4.39 Å². The number of benzene rings is 2. The number of nitrogens with zero attached hydrogens (tertiary/aromatic N) is 2. The first-order valence-corrected chi connectivity index (χ1v) is 10.2. The van der Waals surface area contributed by atoms with E-state index in [-0.39, 0.29) is 18.4 Å². The van der Waals surface area contributed by atoms with Crippen molar-refractivity contribution in [2.24, 2.45) is 0 Å². The number of halogens is 1. The molecule has 1 fully saturated rings. The summed E-state index contributed by atoms with van der Waals surface area (Å²) in [5, 5.41) is 5.36. The van der Waals surface area contributed by atoms with Crippen molar-refractivity contribution in [3.63, 3.8) is 0 Å². The first-order valence-electron chi connectivity index (χ1n) is 10.2. The monoisotopic (exact) mass is 412 g/mol. The van der Waals surface area contributed by atoms with Gasteiger partial charge in [0.25, 0.3) is 0 Å². The van der Waals surface area contributed by atoms with Crippen LogP contribution >= 0.6 is 0 Å². The van der Waals surface area contributed by atoms with E-state index < -0.39 is 11.8 Å². The minimum Gasteiger partial charge on any atom is -0.346 e. The van der Waals surface area contributed by atoms with Crippen LogP contribution in [0, 0.1) is 12.7 Å². The van der Waals surface area contributed by atoms with Crippen molar-refractivity contribution in [2.75, 3.05) is 39.8 Å². The zero-order chi connectivity index (χ0) is 21.5. The van der Waals surface area contributed by atoms with Crippen LogP contribution in [-0.2, 0) is 16.1 Å². The second kappa shape index (κ2) is 10.3. The van der Waals surface area contributed by atoms with Gasteiger partial charge in [0.05, 0.1) is 6.04 Å². The van der Waals surface area contributed by atoms with Crippen molar-refractivity contribution in [3.05, 3.63) is 71.0 Å². The van der Waals surface area contributed by atoms with Gasteiger partial charge in [-0.1, -0.05) is 42.0 Å². The quantitative estimate of drug-likeness (QED) is 0.711. The molecule has 0 unspecified atom stereocenters. The van der Waals surface area contributed by atoms with Crippen molar-refractivity contribution >= 4 is 11.8 Å². The molecule has 160 valence electrons. The van der Waals surface area contributed by atoms with Gasteiger partial charge in [-0.05, 0) is 37.2 Å². The van der Waals surface area contributed by atoms with E-state index >= 15 is 0 Å². The summed E-state index contributed by atoms with van der Waals surface area (Å²) in [4.78, 5) is 29.1. The second-order valence-corrected chi connectivity index (χ2v) is 7.78. The lowest BCUT2D eigenvalue weighted by molar-refractivity contribution is -0.139. The predicted molar refractivity (Wildman–Crippen MR) is 114 cm³/mol. The molecule has 2 aromatic carbocycles. The molecule has 1 saturated heterocycles. The van der Waals surface area contributed by atoms with Gasteiger partial charge in [0.1, 0.15) is 5.82 Å². The first-order chi connectivity index (χ1) is 14.4. The van der Waals surface area contributed by atoms with Crippen LogP contribution < -0.4 is 10.6 Å². The van der Waals surface area contributed by atoms with Crippen LogP contribution in [0.15, 0.2) is 48.5 Å². The molecule has 0 saturated carbocycles. The average Bonchev–Trinajstić information content (AvgIpc) is 2.75. The largest absolute Gasteiger partial charge is 0.346 e. The number of carbonyl (C=O) groups is 2. The molecule has 30 heavy (non-hydrogen) atoms. The van der Waals surface area contributed by atoms with Gasteiger partial charge in [0, 0.05) is 39.3 Å². The average molecular weight is 413 g/mol. The Hall–Kier alpha value is -2.77. The van der Waals surface area contributed by atoms with E-state index in [0.29, 0.717) is 6.54 Å². The number of nitrogens with one attached hydrogen (secondary N) is 2. The summed E-state index contributed by atoms with van der Waals surface area (Å²) in [5.41, 5.74) is 3.03. The highest BCUT2D eigenvalue weighted by atomic mass is 19.1.